The van der Waals surface area contributed by atoms with E-state index in [0.717, 1.165) is 5.56 Å². The van der Waals surface area contributed by atoms with Crippen LogP contribution in [0.3, 0.4) is 0 Å². The summed E-state index contributed by atoms with van der Waals surface area (Å²) in [5.41, 5.74) is 13.1. The van der Waals surface area contributed by atoms with E-state index in [-0.39, 0.29) is 33.2 Å². The number of nitrogen functional groups attached to an aromatic ring is 2. The summed E-state index contributed by atoms with van der Waals surface area (Å²) in [6, 6.07) is 8.19. The zero-order valence-electron chi connectivity index (χ0n) is 18.1. The summed E-state index contributed by atoms with van der Waals surface area (Å²) in [6.07, 6.45) is 1.51. The van der Waals surface area contributed by atoms with Gasteiger partial charge in [-0.2, -0.15) is 5.26 Å². The van der Waals surface area contributed by atoms with Crippen LogP contribution in [0.25, 0.3) is 16.6 Å². The molecule has 1 aromatic carbocycles. The molecule has 10 nitrogen and oxygen atoms in total. The molecule has 0 bridgehead atoms. The summed E-state index contributed by atoms with van der Waals surface area (Å²) >= 11 is 6.35. The maximum absolute atomic E-state index is 13.6. The summed E-state index contributed by atoms with van der Waals surface area (Å²) in [5.74, 6) is 1.40. The first-order chi connectivity index (χ1) is 15.7. The quantitative estimate of drug-likeness (QED) is 0.414. The van der Waals surface area contributed by atoms with Crippen LogP contribution in [0.2, 0.25) is 5.02 Å². The average Bonchev–Trinajstić information content (AvgIpc) is 2.74. The van der Waals surface area contributed by atoms with Crippen LogP contribution in [-0.4, -0.2) is 24.5 Å². The molecule has 1 atom stereocenters. The molecule has 166 valence electrons. The molecule has 4 rings (SSSR count). The Kier molecular flexibility index (Phi) is 5.57. The van der Waals surface area contributed by atoms with Crippen molar-refractivity contribution < 1.29 is 0 Å². The number of halogens is 1. The van der Waals surface area contributed by atoms with Crippen molar-refractivity contribution in [3.8, 4) is 11.8 Å². The minimum Gasteiger partial charge on any atom is -0.384 e. The standard InChI is InChI=1S/C22H20ClN9O/c1-10-7-17(25)27-9-16(10)32-21(31-15-6-4-5-14(23)18(15)22(32)33)11(2)28-20-13(8-24)19(26)29-12(3)30-20/h4-7,9,11H,1-3H3,(H2,25,27)(H3,26,28,29,30)/t11-/m0/s1. The fourth-order valence-electron chi connectivity index (χ4n) is 3.61. The number of nitrogens with one attached hydrogen (secondary N) is 1. The number of anilines is 3. The van der Waals surface area contributed by atoms with E-state index in [1.165, 1.54) is 10.8 Å². The number of rotatable bonds is 4. The number of hydrogen-bond donors (Lipinski definition) is 3. The van der Waals surface area contributed by atoms with Crippen molar-refractivity contribution in [2.75, 3.05) is 16.8 Å². The van der Waals surface area contributed by atoms with Gasteiger partial charge in [0.25, 0.3) is 5.56 Å². The molecule has 3 aromatic heterocycles. The molecule has 0 saturated carbocycles. The molecule has 3 heterocycles. The first-order valence-corrected chi connectivity index (χ1v) is 10.3. The van der Waals surface area contributed by atoms with E-state index in [2.05, 4.69) is 20.3 Å². The Morgan fingerprint density at radius 3 is 2.67 bits per heavy atom. The van der Waals surface area contributed by atoms with Gasteiger partial charge in [-0.05, 0) is 44.5 Å². The highest BCUT2D eigenvalue weighted by Gasteiger charge is 2.22. The molecular formula is C22H20ClN9O. The Bertz CT molecular complexity index is 1510. The molecule has 11 heteroatoms. The molecule has 0 saturated heterocycles. The number of hydrogen-bond acceptors (Lipinski definition) is 9. The number of pyridine rings is 1. The molecule has 0 spiro atoms. The van der Waals surface area contributed by atoms with Gasteiger partial charge in [0, 0.05) is 0 Å². The summed E-state index contributed by atoms with van der Waals surface area (Å²) in [5, 5.41) is 13.3. The third-order valence-electron chi connectivity index (χ3n) is 5.12. The number of nitrogens with zero attached hydrogens (tertiary/aromatic N) is 6. The molecule has 0 radical (unpaired) electrons. The fourth-order valence-corrected chi connectivity index (χ4v) is 3.86. The highest BCUT2D eigenvalue weighted by Crippen LogP contribution is 2.27. The number of nitrogens with two attached hydrogens (primary N) is 2. The molecule has 0 aliphatic carbocycles. The SMILES string of the molecule is Cc1nc(N)c(C#N)c(N[C@@H](C)c2nc3cccc(Cl)c3c(=O)n2-c2cnc(N)cc2C)n1. The fraction of sp³-hybridized carbons (Fsp3) is 0.182. The van der Waals surface area contributed by atoms with Gasteiger partial charge in [0.2, 0.25) is 0 Å². The molecule has 0 unspecified atom stereocenters. The average molecular weight is 462 g/mol. The monoisotopic (exact) mass is 461 g/mol. The van der Waals surface area contributed by atoms with Crippen molar-refractivity contribution in [3.63, 3.8) is 0 Å². The maximum Gasteiger partial charge on any atom is 0.267 e. The van der Waals surface area contributed by atoms with Crippen molar-refractivity contribution >= 4 is 40.0 Å². The molecule has 0 aliphatic heterocycles. The smallest absolute Gasteiger partial charge is 0.267 e. The van der Waals surface area contributed by atoms with Crippen molar-refractivity contribution in [2.45, 2.75) is 26.8 Å². The van der Waals surface area contributed by atoms with E-state index < -0.39 is 6.04 Å². The number of benzene rings is 1. The van der Waals surface area contributed by atoms with Crippen LogP contribution >= 0.6 is 11.6 Å². The molecule has 5 N–H and O–H groups in total. The van der Waals surface area contributed by atoms with Crippen molar-refractivity contribution in [3.05, 3.63) is 68.6 Å². The molecule has 0 fully saturated rings. The number of aryl methyl sites for hydroxylation is 2. The molecule has 0 amide bonds. The van der Waals surface area contributed by atoms with Crippen LogP contribution in [-0.2, 0) is 0 Å². The Balaban J connectivity index is 1.97. The minimum absolute atomic E-state index is 0.0638. The third kappa shape index (κ3) is 3.90. The zero-order chi connectivity index (χ0) is 23.9. The van der Waals surface area contributed by atoms with Crippen LogP contribution in [0.4, 0.5) is 17.5 Å². The Labute approximate surface area is 193 Å². The Hall–Kier alpha value is -4.23. The van der Waals surface area contributed by atoms with Crippen LogP contribution < -0.4 is 22.3 Å². The second-order valence-corrected chi connectivity index (χ2v) is 7.90. The van der Waals surface area contributed by atoms with Gasteiger partial charge in [-0.3, -0.25) is 9.36 Å². The van der Waals surface area contributed by atoms with E-state index in [4.69, 9.17) is 28.1 Å². The highest BCUT2D eigenvalue weighted by molar-refractivity contribution is 6.35. The van der Waals surface area contributed by atoms with Gasteiger partial charge in [0.05, 0.1) is 33.9 Å². The first kappa shape index (κ1) is 22.0. The largest absolute Gasteiger partial charge is 0.384 e. The Morgan fingerprint density at radius 2 is 1.97 bits per heavy atom. The summed E-state index contributed by atoms with van der Waals surface area (Å²) in [6.45, 7) is 5.28. The lowest BCUT2D eigenvalue weighted by molar-refractivity contribution is 0.726. The molecule has 33 heavy (non-hydrogen) atoms. The summed E-state index contributed by atoms with van der Waals surface area (Å²) in [7, 11) is 0. The van der Waals surface area contributed by atoms with Gasteiger partial charge >= 0.3 is 0 Å². The second-order valence-electron chi connectivity index (χ2n) is 7.50. The van der Waals surface area contributed by atoms with Gasteiger partial charge < -0.3 is 16.8 Å². The van der Waals surface area contributed by atoms with Gasteiger partial charge in [0.1, 0.15) is 34.9 Å². The number of nitriles is 1. The van der Waals surface area contributed by atoms with Crippen molar-refractivity contribution in [1.29, 1.82) is 5.26 Å². The van der Waals surface area contributed by atoms with Crippen molar-refractivity contribution in [1.82, 2.24) is 24.5 Å². The zero-order valence-corrected chi connectivity index (χ0v) is 18.8. The van der Waals surface area contributed by atoms with Gasteiger partial charge in [-0.15, -0.1) is 0 Å². The van der Waals surface area contributed by atoms with Gasteiger partial charge in [0.15, 0.2) is 5.82 Å². The number of fused-ring (bicyclic) bond motifs is 1. The van der Waals surface area contributed by atoms with E-state index in [9.17, 15) is 10.1 Å². The van der Waals surface area contributed by atoms with Crippen LogP contribution in [0, 0.1) is 25.2 Å². The predicted molar refractivity (Wildman–Crippen MR) is 127 cm³/mol. The lowest BCUT2D eigenvalue weighted by atomic mass is 10.1. The Morgan fingerprint density at radius 1 is 1.21 bits per heavy atom. The van der Waals surface area contributed by atoms with E-state index in [0.29, 0.717) is 28.7 Å². The van der Waals surface area contributed by atoms with Crippen LogP contribution in [0.15, 0.2) is 35.3 Å². The number of aromatic nitrogens is 5. The first-order valence-electron chi connectivity index (χ1n) is 9.95. The third-order valence-corrected chi connectivity index (χ3v) is 5.43. The lowest BCUT2D eigenvalue weighted by Crippen LogP contribution is -2.28. The predicted octanol–water partition coefficient (Wildman–Crippen LogP) is 3.05. The molecule has 4 aromatic rings. The second kappa shape index (κ2) is 8.37. The van der Waals surface area contributed by atoms with Crippen LogP contribution in [0.1, 0.15) is 35.7 Å². The normalized spacial score (nSPS) is 11.8. The lowest BCUT2D eigenvalue weighted by Gasteiger charge is -2.21. The van der Waals surface area contributed by atoms with E-state index in [1.54, 1.807) is 38.1 Å². The van der Waals surface area contributed by atoms with Crippen molar-refractivity contribution in [2.24, 2.45) is 0 Å². The van der Waals surface area contributed by atoms with E-state index >= 15 is 0 Å². The topological polar surface area (TPSA) is 161 Å². The molecular weight excluding hydrogens is 442 g/mol. The summed E-state index contributed by atoms with van der Waals surface area (Å²) < 4.78 is 1.44. The highest BCUT2D eigenvalue weighted by atomic mass is 35.5. The van der Waals surface area contributed by atoms with Gasteiger partial charge in [-0.1, -0.05) is 17.7 Å². The molecule has 0 aliphatic rings. The van der Waals surface area contributed by atoms with E-state index in [1.807, 2.05) is 13.0 Å². The maximum atomic E-state index is 13.6. The minimum atomic E-state index is -0.571. The van der Waals surface area contributed by atoms with Gasteiger partial charge in [-0.25, -0.2) is 19.9 Å². The summed E-state index contributed by atoms with van der Waals surface area (Å²) in [4.78, 5) is 30.9. The van der Waals surface area contributed by atoms with Crippen LogP contribution in [0.5, 0.6) is 0 Å².